The molecule has 0 bridgehead atoms. The first-order chi connectivity index (χ1) is 5.56. The number of guanidine groups is 1. The van der Waals surface area contributed by atoms with E-state index in [4.69, 9.17) is 10.9 Å². The molecule has 8 heteroatoms. The third-order valence-corrected chi connectivity index (χ3v) is 0.832. The third-order valence-electron chi connectivity index (χ3n) is 0.832. The number of nitrogens with zero attached hydrogens (tertiary/aromatic N) is 2. The molecule has 0 aliphatic carbocycles. The molecule has 5 N–H and O–H groups in total. The number of hydrogen-bond acceptors (Lipinski definition) is 3. The van der Waals surface area contributed by atoms with Crippen LogP contribution in [0, 0.1) is 4.91 Å². The third kappa shape index (κ3) is 4.97. The molecule has 0 aromatic heterocycles. The van der Waals surface area contributed by atoms with Gasteiger partial charge in [0, 0.05) is 6.42 Å². The lowest BCUT2D eigenvalue weighted by Crippen LogP contribution is -2.39. The molecule has 0 aromatic carbocycles. The van der Waals surface area contributed by atoms with Gasteiger partial charge in [-0.2, -0.15) is 0 Å². The van der Waals surface area contributed by atoms with E-state index >= 15 is 0 Å². The van der Waals surface area contributed by atoms with Gasteiger partial charge in [0.25, 0.3) is 5.96 Å². The predicted octanol–water partition coefficient (Wildman–Crippen LogP) is -1.58. The van der Waals surface area contributed by atoms with Crippen molar-refractivity contribution >= 4 is 11.9 Å². The van der Waals surface area contributed by atoms with Crippen LogP contribution in [0.1, 0.15) is 13.3 Å². The molecule has 0 atom stereocenters. The predicted molar refractivity (Wildman–Crippen MR) is 38.6 cm³/mol. The fraction of sp³-hybridized carbons (Fsp3) is 0.500. The van der Waals surface area contributed by atoms with Gasteiger partial charge in [-0.05, 0) is 5.43 Å². The Kier molecular flexibility index (Phi) is 4.12. The average Bonchev–Trinajstić information content (AvgIpc) is 1.99. The fourth-order valence-electron chi connectivity index (χ4n) is 0.325. The van der Waals surface area contributed by atoms with Crippen LogP contribution < -0.4 is 16.6 Å². The molecule has 0 aromatic rings. The summed E-state index contributed by atoms with van der Waals surface area (Å²) in [6.45, 7) is 1.63. The lowest BCUT2D eigenvalue weighted by molar-refractivity contribution is -0.822. The van der Waals surface area contributed by atoms with Gasteiger partial charge < -0.3 is 5.73 Å². The molecule has 8 nitrogen and oxygen atoms in total. The molecule has 0 aliphatic rings. The smallest absolute Gasteiger partial charge is 0.362 e. The van der Waals surface area contributed by atoms with Gasteiger partial charge >= 0.3 is 5.03 Å². The van der Waals surface area contributed by atoms with Crippen molar-refractivity contribution in [2.45, 2.75) is 13.3 Å². The number of hydrazone groups is 1. The van der Waals surface area contributed by atoms with E-state index in [1.165, 1.54) is 0 Å². The van der Waals surface area contributed by atoms with Gasteiger partial charge in [0.1, 0.15) is 4.91 Å². The Balaban J connectivity index is 3.84. The van der Waals surface area contributed by atoms with Crippen molar-refractivity contribution in [3.8, 4) is 0 Å². The van der Waals surface area contributed by atoms with E-state index in [2.05, 4.69) is 5.10 Å². The van der Waals surface area contributed by atoms with Crippen LogP contribution in [0.15, 0.2) is 5.10 Å². The number of nitrogens with two attached hydrogens (primary N) is 1. The second-order valence-corrected chi connectivity index (χ2v) is 1.77. The van der Waals surface area contributed by atoms with E-state index in [1.54, 1.807) is 12.3 Å². The monoisotopic (exact) mass is 176 g/mol. The maximum absolute atomic E-state index is 10.5. The normalized spacial score (nSPS) is 10.6. The van der Waals surface area contributed by atoms with Crippen molar-refractivity contribution in [1.29, 1.82) is 0 Å². The summed E-state index contributed by atoms with van der Waals surface area (Å²) >= 11 is 0. The van der Waals surface area contributed by atoms with Crippen molar-refractivity contribution < 1.29 is 15.0 Å². The minimum Gasteiger partial charge on any atom is -0.364 e. The number of nitrogens with one attached hydrogen (secondary N) is 2. The molecule has 12 heavy (non-hydrogen) atoms. The highest BCUT2D eigenvalue weighted by Crippen LogP contribution is 1.73. The zero-order valence-electron chi connectivity index (χ0n) is 6.44. The Labute approximate surface area is 67.9 Å². The van der Waals surface area contributed by atoms with Crippen molar-refractivity contribution in [1.82, 2.24) is 10.9 Å². The molecule has 1 amide bonds. The molecule has 0 rings (SSSR count). The lowest BCUT2D eigenvalue weighted by atomic mass is 10.5. The van der Waals surface area contributed by atoms with E-state index in [0.29, 0.717) is 0 Å². The molecule has 68 valence electrons. The fourth-order valence-corrected chi connectivity index (χ4v) is 0.325. The number of hydrazine groups is 1. The Morgan fingerprint density at radius 3 is 2.75 bits per heavy atom. The largest absolute Gasteiger partial charge is 0.364 e. The lowest BCUT2D eigenvalue weighted by Gasteiger charge is -1.94. The van der Waals surface area contributed by atoms with E-state index in [0.717, 1.165) is 0 Å². The molecule has 0 unspecified atom stereocenters. The Bertz CT molecular complexity index is 213. The maximum Gasteiger partial charge on any atom is 0.362 e. The molecule has 0 saturated carbocycles. The first-order valence-corrected chi connectivity index (χ1v) is 3.11. The summed E-state index contributed by atoms with van der Waals surface area (Å²) in [5, 5.41) is 10.6. The number of rotatable bonds is 3. The Morgan fingerprint density at radius 1 is 1.75 bits per heavy atom. The highest BCUT2D eigenvalue weighted by molar-refractivity contribution is 5.80. The van der Waals surface area contributed by atoms with Gasteiger partial charge in [0.15, 0.2) is 0 Å². The summed E-state index contributed by atoms with van der Waals surface area (Å²) < 4.78 is 0. The molecular weight excluding hydrogens is 166 g/mol. The van der Waals surface area contributed by atoms with Crippen LogP contribution in [0.25, 0.3) is 0 Å². The molecule has 0 saturated heterocycles. The summed E-state index contributed by atoms with van der Waals surface area (Å²) in [6, 6.07) is 0. The first kappa shape index (κ1) is 10.1. The zero-order chi connectivity index (χ0) is 9.56. The molecule has 0 spiro atoms. The van der Waals surface area contributed by atoms with E-state index in [1.807, 2.05) is 5.43 Å². The Hall–Kier alpha value is -1.86. The molecule has 0 heterocycles. The topological polar surface area (TPSA) is 120 Å². The number of hydrogen-bond donors (Lipinski definition) is 4. The summed E-state index contributed by atoms with van der Waals surface area (Å²) in [5.41, 5.74) is 8.69. The number of amides is 1. The molecule has 0 radical (unpaired) electrons. The maximum atomic E-state index is 10.5. The number of carbonyl (C=O) groups is 1. The standard InChI is InChI=1S/C4H9N5O3/c1-2-3(10)6-7-4(5)8-9(11)12/h2H2,1H3,(H4-,5,6,7,8,10,11,12)/p+1. The van der Waals surface area contributed by atoms with Gasteiger partial charge in [-0.15, -0.1) is 5.10 Å². The van der Waals surface area contributed by atoms with Crippen molar-refractivity contribution in [3.63, 3.8) is 0 Å². The summed E-state index contributed by atoms with van der Waals surface area (Å²) in [4.78, 5) is 20.4. The van der Waals surface area contributed by atoms with Gasteiger partial charge in [-0.3, -0.25) is 4.79 Å². The highest BCUT2D eigenvalue weighted by atomic mass is 16.7. The van der Waals surface area contributed by atoms with Gasteiger partial charge in [-0.1, -0.05) is 6.92 Å². The van der Waals surface area contributed by atoms with E-state index in [-0.39, 0.29) is 12.3 Å². The average molecular weight is 176 g/mol. The Morgan fingerprint density at radius 2 is 2.33 bits per heavy atom. The summed E-state index contributed by atoms with van der Waals surface area (Å²) in [5.74, 6) is -0.760. The highest BCUT2D eigenvalue weighted by Gasteiger charge is 2.04. The molecular formula is C4H10N5O3+. The van der Waals surface area contributed by atoms with Crippen LogP contribution >= 0.6 is 0 Å². The molecule has 0 fully saturated rings. The summed E-state index contributed by atoms with van der Waals surface area (Å²) in [6.07, 6.45) is 0.247. The second-order valence-electron chi connectivity index (χ2n) is 1.77. The SMILES string of the molecule is CCC(=O)N/N=C(\N)N[N+](=O)O. The van der Waals surface area contributed by atoms with Gasteiger partial charge in [-0.25, -0.2) is 10.6 Å². The van der Waals surface area contributed by atoms with Crippen LogP contribution in [0.2, 0.25) is 0 Å². The number of carbonyl (C=O) groups excluding carboxylic acids is 1. The second kappa shape index (κ2) is 4.88. The molecule has 0 aliphatic heterocycles. The summed E-state index contributed by atoms with van der Waals surface area (Å²) in [7, 11) is 0. The van der Waals surface area contributed by atoms with Crippen LogP contribution in [-0.2, 0) is 4.79 Å². The van der Waals surface area contributed by atoms with Crippen molar-refractivity contribution in [2.24, 2.45) is 10.8 Å². The van der Waals surface area contributed by atoms with Gasteiger partial charge in [0.2, 0.25) is 5.91 Å². The minimum absolute atomic E-state index is 0.247. The van der Waals surface area contributed by atoms with E-state index in [9.17, 15) is 9.70 Å². The van der Waals surface area contributed by atoms with E-state index < -0.39 is 11.0 Å². The van der Waals surface area contributed by atoms with Crippen LogP contribution in [-0.4, -0.2) is 22.1 Å². The van der Waals surface area contributed by atoms with Crippen molar-refractivity contribution in [2.75, 3.05) is 0 Å². The zero-order valence-corrected chi connectivity index (χ0v) is 6.44. The van der Waals surface area contributed by atoms with Crippen molar-refractivity contribution in [3.05, 3.63) is 4.91 Å². The minimum atomic E-state index is -0.628. The van der Waals surface area contributed by atoms with Crippen LogP contribution in [0.3, 0.4) is 0 Å². The van der Waals surface area contributed by atoms with Crippen LogP contribution in [0.5, 0.6) is 0 Å². The first-order valence-electron chi connectivity index (χ1n) is 3.11. The van der Waals surface area contributed by atoms with Gasteiger partial charge in [0.05, 0.1) is 0 Å². The van der Waals surface area contributed by atoms with Crippen LogP contribution in [0.4, 0.5) is 0 Å². The quantitative estimate of drug-likeness (QED) is 0.235.